The molecular weight excluding hydrogens is 260 g/mol. The molecular formula is C13H16N4O3. The van der Waals surface area contributed by atoms with Gasteiger partial charge >= 0.3 is 0 Å². The van der Waals surface area contributed by atoms with E-state index in [1.165, 1.54) is 12.1 Å². The Hall–Kier alpha value is -2.57. The van der Waals surface area contributed by atoms with Gasteiger partial charge in [0.2, 0.25) is 0 Å². The van der Waals surface area contributed by atoms with Crippen molar-refractivity contribution in [1.82, 2.24) is 4.98 Å². The van der Waals surface area contributed by atoms with Crippen LogP contribution in [0.3, 0.4) is 0 Å². The largest absolute Gasteiger partial charge is 0.469 e. The molecule has 2 aromatic heterocycles. The standard InChI is InChI=1S/C13H16N4O3/c1-9(6-11-4-3-5-20-11)15-13-8-10(17(18)19)7-12(14-2)16-13/h3-5,7-9H,6H2,1-2H3,(H2,14,15,16). The fourth-order valence-corrected chi connectivity index (χ4v) is 1.86. The fourth-order valence-electron chi connectivity index (χ4n) is 1.86. The zero-order valence-corrected chi connectivity index (χ0v) is 11.3. The maximum atomic E-state index is 10.9. The van der Waals surface area contributed by atoms with Crippen molar-refractivity contribution in [1.29, 1.82) is 0 Å². The average Bonchev–Trinajstić information content (AvgIpc) is 2.90. The van der Waals surface area contributed by atoms with Crippen LogP contribution in [0.25, 0.3) is 0 Å². The molecule has 106 valence electrons. The van der Waals surface area contributed by atoms with E-state index in [0.29, 0.717) is 18.1 Å². The summed E-state index contributed by atoms with van der Waals surface area (Å²) in [7, 11) is 1.67. The van der Waals surface area contributed by atoms with Gasteiger partial charge in [0, 0.05) is 19.5 Å². The first-order valence-corrected chi connectivity index (χ1v) is 6.21. The summed E-state index contributed by atoms with van der Waals surface area (Å²) in [6.07, 6.45) is 2.29. The zero-order chi connectivity index (χ0) is 14.5. The first-order chi connectivity index (χ1) is 9.58. The van der Waals surface area contributed by atoms with E-state index in [4.69, 9.17) is 4.42 Å². The van der Waals surface area contributed by atoms with Crippen LogP contribution in [0, 0.1) is 10.1 Å². The molecule has 0 aliphatic rings. The minimum atomic E-state index is -0.440. The summed E-state index contributed by atoms with van der Waals surface area (Å²) in [5, 5.41) is 16.8. The molecule has 1 unspecified atom stereocenters. The third kappa shape index (κ3) is 3.47. The zero-order valence-electron chi connectivity index (χ0n) is 11.3. The van der Waals surface area contributed by atoms with E-state index in [-0.39, 0.29) is 11.7 Å². The molecule has 0 spiro atoms. The van der Waals surface area contributed by atoms with Crippen LogP contribution in [-0.4, -0.2) is 23.0 Å². The fraction of sp³-hybridized carbons (Fsp3) is 0.308. The van der Waals surface area contributed by atoms with Crippen LogP contribution in [0.5, 0.6) is 0 Å². The number of nitro groups is 1. The molecule has 2 aromatic rings. The molecule has 0 bridgehead atoms. The number of pyridine rings is 1. The summed E-state index contributed by atoms with van der Waals surface area (Å²) in [4.78, 5) is 14.7. The number of anilines is 2. The second kappa shape index (κ2) is 6.05. The van der Waals surface area contributed by atoms with Crippen LogP contribution in [0.15, 0.2) is 34.9 Å². The van der Waals surface area contributed by atoms with Gasteiger partial charge in [0.05, 0.1) is 23.3 Å². The lowest BCUT2D eigenvalue weighted by Gasteiger charge is -2.13. The number of nitrogens with zero attached hydrogens (tertiary/aromatic N) is 2. The highest BCUT2D eigenvalue weighted by molar-refractivity contribution is 5.54. The number of aromatic nitrogens is 1. The molecule has 0 aliphatic carbocycles. The van der Waals surface area contributed by atoms with Crippen molar-refractivity contribution in [3.63, 3.8) is 0 Å². The van der Waals surface area contributed by atoms with E-state index in [1.54, 1.807) is 13.3 Å². The van der Waals surface area contributed by atoms with Gasteiger partial charge in [-0.15, -0.1) is 0 Å². The molecule has 0 radical (unpaired) electrons. The van der Waals surface area contributed by atoms with E-state index in [9.17, 15) is 10.1 Å². The Labute approximate surface area is 116 Å². The summed E-state index contributed by atoms with van der Waals surface area (Å²) >= 11 is 0. The van der Waals surface area contributed by atoms with Crippen LogP contribution in [0.2, 0.25) is 0 Å². The minimum Gasteiger partial charge on any atom is -0.469 e. The number of nitrogens with one attached hydrogen (secondary N) is 2. The van der Waals surface area contributed by atoms with Gasteiger partial charge < -0.3 is 15.1 Å². The average molecular weight is 276 g/mol. The van der Waals surface area contributed by atoms with Gasteiger partial charge in [0.1, 0.15) is 17.4 Å². The van der Waals surface area contributed by atoms with Crippen LogP contribution >= 0.6 is 0 Å². The van der Waals surface area contributed by atoms with E-state index in [1.807, 2.05) is 19.1 Å². The molecule has 2 heterocycles. The van der Waals surface area contributed by atoms with E-state index >= 15 is 0 Å². The Balaban J connectivity index is 2.11. The Kier molecular flexibility index (Phi) is 4.19. The molecule has 0 fully saturated rings. The summed E-state index contributed by atoms with van der Waals surface area (Å²) in [6, 6.07) is 6.56. The molecule has 2 rings (SSSR count). The van der Waals surface area contributed by atoms with E-state index < -0.39 is 4.92 Å². The number of furan rings is 1. The quantitative estimate of drug-likeness (QED) is 0.622. The number of hydrogen-bond acceptors (Lipinski definition) is 6. The molecule has 0 saturated heterocycles. The summed E-state index contributed by atoms with van der Waals surface area (Å²) < 4.78 is 5.27. The van der Waals surface area contributed by atoms with Crippen molar-refractivity contribution in [3.05, 3.63) is 46.4 Å². The summed E-state index contributed by atoms with van der Waals surface area (Å²) in [5.74, 6) is 1.76. The first kappa shape index (κ1) is 13.9. The van der Waals surface area contributed by atoms with Gasteiger partial charge in [-0.25, -0.2) is 4.98 Å². The maximum absolute atomic E-state index is 10.9. The van der Waals surface area contributed by atoms with E-state index in [0.717, 1.165) is 5.76 Å². The summed E-state index contributed by atoms with van der Waals surface area (Å²) in [5.41, 5.74) is -0.00273. The Morgan fingerprint density at radius 2 is 2.20 bits per heavy atom. The predicted octanol–water partition coefficient (Wildman–Crippen LogP) is 2.67. The third-order valence-electron chi connectivity index (χ3n) is 2.76. The van der Waals surface area contributed by atoms with Crippen LogP contribution in [0.4, 0.5) is 17.3 Å². The number of rotatable bonds is 6. The predicted molar refractivity (Wildman–Crippen MR) is 75.9 cm³/mol. The van der Waals surface area contributed by atoms with Gasteiger partial charge in [-0.05, 0) is 19.1 Å². The van der Waals surface area contributed by atoms with Gasteiger partial charge in [-0.2, -0.15) is 0 Å². The molecule has 20 heavy (non-hydrogen) atoms. The Morgan fingerprint density at radius 1 is 1.45 bits per heavy atom. The Morgan fingerprint density at radius 3 is 2.80 bits per heavy atom. The third-order valence-corrected chi connectivity index (χ3v) is 2.76. The van der Waals surface area contributed by atoms with Gasteiger partial charge in [-0.1, -0.05) is 0 Å². The van der Waals surface area contributed by atoms with Crippen molar-refractivity contribution < 1.29 is 9.34 Å². The molecule has 7 heteroatoms. The topological polar surface area (TPSA) is 93.2 Å². The van der Waals surface area contributed by atoms with Gasteiger partial charge in [0.15, 0.2) is 0 Å². The van der Waals surface area contributed by atoms with Crippen LogP contribution in [0.1, 0.15) is 12.7 Å². The Bertz CT molecular complexity index is 583. The van der Waals surface area contributed by atoms with Crippen LogP contribution < -0.4 is 10.6 Å². The molecule has 0 aliphatic heterocycles. The smallest absolute Gasteiger partial charge is 0.276 e. The van der Waals surface area contributed by atoms with Crippen molar-refractivity contribution >= 4 is 17.3 Å². The molecule has 1 atom stereocenters. The highest BCUT2D eigenvalue weighted by Crippen LogP contribution is 2.21. The highest BCUT2D eigenvalue weighted by atomic mass is 16.6. The van der Waals surface area contributed by atoms with Crippen molar-refractivity contribution in [3.8, 4) is 0 Å². The van der Waals surface area contributed by atoms with Gasteiger partial charge in [-0.3, -0.25) is 10.1 Å². The monoisotopic (exact) mass is 276 g/mol. The van der Waals surface area contributed by atoms with E-state index in [2.05, 4.69) is 15.6 Å². The lowest BCUT2D eigenvalue weighted by Crippen LogP contribution is -2.19. The van der Waals surface area contributed by atoms with Crippen molar-refractivity contribution in [2.45, 2.75) is 19.4 Å². The molecule has 0 amide bonds. The van der Waals surface area contributed by atoms with Crippen LogP contribution in [-0.2, 0) is 6.42 Å². The van der Waals surface area contributed by atoms with Crippen molar-refractivity contribution in [2.24, 2.45) is 0 Å². The highest BCUT2D eigenvalue weighted by Gasteiger charge is 2.13. The lowest BCUT2D eigenvalue weighted by molar-refractivity contribution is -0.384. The minimum absolute atomic E-state index is 0.00273. The molecule has 7 nitrogen and oxygen atoms in total. The summed E-state index contributed by atoms with van der Waals surface area (Å²) in [6.45, 7) is 1.96. The maximum Gasteiger partial charge on any atom is 0.276 e. The second-order valence-corrected chi connectivity index (χ2v) is 4.43. The van der Waals surface area contributed by atoms with Crippen molar-refractivity contribution in [2.75, 3.05) is 17.7 Å². The SMILES string of the molecule is CNc1cc([N+](=O)[O-])cc(NC(C)Cc2ccco2)n1. The molecule has 0 aromatic carbocycles. The lowest BCUT2D eigenvalue weighted by atomic mass is 10.2. The molecule has 0 saturated carbocycles. The normalized spacial score (nSPS) is 11.9. The molecule has 2 N–H and O–H groups in total. The number of hydrogen-bond donors (Lipinski definition) is 2. The van der Waals surface area contributed by atoms with Gasteiger partial charge in [0.25, 0.3) is 5.69 Å². The second-order valence-electron chi connectivity index (χ2n) is 4.43. The first-order valence-electron chi connectivity index (χ1n) is 6.21.